The van der Waals surface area contributed by atoms with E-state index in [1.807, 2.05) is 43.5 Å². The summed E-state index contributed by atoms with van der Waals surface area (Å²) >= 11 is 1.67. The van der Waals surface area contributed by atoms with Crippen molar-refractivity contribution in [2.45, 2.75) is 51.7 Å². The van der Waals surface area contributed by atoms with Crippen molar-refractivity contribution in [1.29, 1.82) is 0 Å². The Bertz CT molecular complexity index is 1130. The molecule has 1 fully saturated rings. The molecule has 1 aliphatic rings. The predicted molar refractivity (Wildman–Crippen MR) is 129 cm³/mol. The molecule has 180 valence electrons. The molecule has 0 aliphatic carbocycles. The zero-order valence-corrected chi connectivity index (χ0v) is 20.2. The fourth-order valence-electron chi connectivity index (χ4n) is 4.37. The number of carbonyl (C=O) groups excluding carboxylic acids is 2. The van der Waals surface area contributed by atoms with Crippen LogP contribution in [0.15, 0.2) is 54.2 Å². The van der Waals surface area contributed by atoms with E-state index in [4.69, 9.17) is 0 Å². The van der Waals surface area contributed by atoms with E-state index in [-0.39, 0.29) is 19.0 Å². The molecule has 0 spiro atoms. The average molecular weight is 485 g/mol. The summed E-state index contributed by atoms with van der Waals surface area (Å²) in [7, 11) is 0. The van der Waals surface area contributed by atoms with Gasteiger partial charge in [0.25, 0.3) is 0 Å². The number of aliphatic hydroxyl groups is 1. The molecule has 7 nitrogen and oxygen atoms in total. The molecule has 1 saturated heterocycles. The van der Waals surface area contributed by atoms with E-state index in [1.165, 1.54) is 15.1 Å². The molecule has 4 atom stereocenters. The number of nitrogens with one attached hydrogen (secondary N) is 1. The highest BCUT2D eigenvalue weighted by molar-refractivity contribution is 7.13. The number of aromatic nitrogens is 2. The van der Waals surface area contributed by atoms with Crippen molar-refractivity contribution in [3.63, 3.8) is 0 Å². The van der Waals surface area contributed by atoms with Crippen molar-refractivity contribution in [3.8, 4) is 10.4 Å². The number of hydrogen-bond acceptors (Lipinski definition) is 5. The predicted octanol–water partition coefficient (Wildman–Crippen LogP) is 3.34. The second kappa shape index (κ2) is 10.1. The summed E-state index contributed by atoms with van der Waals surface area (Å²) in [6, 6.07) is 9.50. The highest BCUT2D eigenvalue weighted by atomic mass is 32.1. The van der Waals surface area contributed by atoms with Gasteiger partial charge in [-0.05, 0) is 47.0 Å². The molecule has 0 bridgehead atoms. The fraction of sp³-hybridized carbons (Fsp3) is 0.400. The van der Waals surface area contributed by atoms with Crippen LogP contribution in [0.1, 0.15) is 31.0 Å². The van der Waals surface area contributed by atoms with E-state index in [2.05, 4.69) is 23.4 Å². The van der Waals surface area contributed by atoms with Crippen LogP contribution in [-0.4, -0.2) is 56.5 Å². The zero-order chi connectivity index (χ0) is 24.4. The van der Waals surface area contributed by atoms with Gasteiger partial charge in [-0.2, -0.15) is 5.10 Å². The van der Waals surface area contributed by atoms with E-state index in [0.717, 1.165) is 16.0 Å². The largest absolute Gasteiger partial charge is 0.388 e. The van der Waals surface area contributed by atoms with Gasteiger partial charge in [0.2, 0.25) is 11.8 Å². The third kappa shape index (κ3) is 4.76. The van der Waals surface area contributed by atoms with Crippen molar-refractivity contribution in [2.75, 3.05) is 6.54 Å². The molecule has 0 unspecified atom stereocenters. The van der Waals surface area contributed by atoms with E-state index in [1.54, 1.807) is 29.8 Å². The van der Waals surface area contributed by atoms with Crippen molar-refractivity contribution >= 4 is 23.2 Å². The Morgan fingerprint density at radius 2 is 2.00 bits per heavy atom. The molecule has 34 heavy (non-hydrogen) atoms. The minimum Gasteiger partial charge on any atom is -0.388 e. The normalized spacial score (nSPS) is 21.1. The van der Waals surface area contributed by atoms with Gasteiger partial charge in [-0.1, -0.05) is 38.1 Å². The summed E-state index contributed by atoms with van der Waals surface area (Å²) in [4.78, 5) is 28.7. The van der Waals surface area contributed by atoms with Crippen molar-refractivity contribution < 1.29 is 19.1 Å². The van der Waals surface area contributed by atoms with E-state index >= 15 is 0 Å². The molecule has 1 aliphatic heterocycles. The lowest BCUT2D eigenvalue weighted by Crippen LogP contribution is -2.51. The molecule has 2 N–H and O–H groups in total. The molecule has 0 saturated carbocycles. The third-order valence-electron chi connectivity index (χ3n) is 6.18. The Kier molecular flexibility index (Phi) is 7.13. The topological polar surface area (TPSA) is 87.5 Å². The minimum atomic E-state index is -1.86. The highest BCUT2D eigenvalue weighted by Crippen LogP contribution is 2.30. The molecule has 0 radical (unpaired) electrons. The first kappa shape index (κ1) is 24.1. The monoisotopic (exact) mass is 484 g/mol. The van der Waals surface area contributed by atoms with E-state index < -0.39 is 36.2 Å². The van der Waals surface area contributed by atoms with Gasteiger partial charge in [-0.25, -0.2) is 4.39 Å². The van der Waals surface area contributed by atoms with Crippen molar-refractivity contribution in [1.82, 2.24) is 20.0 Å². The van der Waals surface area contributed by atoms with Crippen LogP contribution in [0.2, 0.25) is 0 Å². The number of aliphatic hydroxyl groups excluding tert-OH is 1. The van der Waals surface area contributed by atoms with E-state index in [0.29, 0.717) is 0 Å². The summed E-state index contributed by atoms with van der Waals surface area (Å²) in [5.74, 6) is -1.20. The average Bonchev–Trinajstić information content (AvgIpc) is 3.54. The maximum absolute atomic E-state index is 14.9. The Balaban J connectivity index is 1.46. The maximum atomic E-state index is 14.9. The lowest BCUT2D eigenvalue weighted by atomic mass is 10.0. The molecule has 3 aromatic rings. The third-order valence-corrected chi connectivity index (χ3v) is 7.25. The quantitative estimate of drug-likeness (QED) is 0.539. The van der Waals surface area contributed by atoms with Gasteiger partial charge in [0.05, 0.1) is 6.54 Å². The van der Waals surface area contributed by atoms with Crippen LogP contribution < -0.4 is 5.32 Å². The first-order valence-electron chi connectivity index (χ1n) is 11.3. The number of alkyl halides is 1. The number of benzene rings is 1. The van der Waals surface area contributed by atoms with Crippen LogP contribution in [0, 0.1) is 12.8 Å². The summed E-state index contributed by atoms with van der Waals surface area (Å²) in [6.45, 7) is 5.74. The lowest BCUT2D eigenvalue weighted by molar-refractivity contribution is -0.143. The minimum absolute atomic E-state index is 0.141. The van der Waals surface area contributed by atoms with Gasteiger partial charge in [0.15, 0.2) is 6.17 Å². The standard InChI is InChI=1S/C25H29FN4O3S/c1-15(2)21(30-11-4-10-28-30)25(33)29-14-19(31)20(26)22(29)24(32)27-13-17-5-7-18(8-6-17)23-16(3)9-12-34-23/h4-12,15,19-22,31H,13-14H2,1-3H3,(H,27,32)/t19-,20-,21-,22-/m0/s1. The van der Waals surface area contributed by atoms with Gasteiger partial charge in [-0.3, -0.25) is 14.3 Å². The van der Waals surface area contributed by atoms with Gasteiger partial charge in [-0.15, -0.1) is 11.3 Å². The summed E-state index contributed by atoms with van der Waals surface area (Å²) in [5, 5.41) is 19.1. The lowest BCUT2D eigenvalue weighted by Gasteiger charge is -2.30. The van der Waals surface area contributed by atoms with Crippen molar-refractivity contribution in [2.24, 2.45) is 5.92 Å². The zero-order valence-electron chi connectivity index (χ0n) is 19.4. The van der Waals surface area contributed by atoms with E-state index in [9.17, 15) is 19.1 Å². The Hall–Kier alpha value is -3.04. The van der Waals surface area contributed by atoms with Gasteiger partial charge < -0.3 is 15.3 Å². The van der Waals surface area contributed by atoms with Gasteiger partial charge in [0, 0.05) is 23.8 Å². The number of β-amino-alcohol motifs (C(OH)–C–C–N with tert-alkyl or cyclic N) is 1. The van der Waals surface area contributed by atoms with Crippen LogP contribution in [0.3, 0.4) is 0 Å². The molecular formula is C25H29FN4O3S. The molecule has 2 amide bonds. The number of rotatable bonds is 7. The number of carbonyl (C=O) groups is 2. The fourth-order valence-corrected chi connectivity index (χ4v) is 5.30. The molecule has 4 rings (SSSR count). The SMILES string of the molecule is Cc1ccsc1-c1ccc(CNC(=O)[C@@H]2[C@@H](F)[C@@H](O)CN2C(=O)[C@H](C(C)C)n2cccn2)cc1. The number of halogens is 1. The first-order valence-corrected chi connectivity index (χ1v) is 12.2. The smallest absolute Gasteiger partial charge is 0.248 e. The van der Waals surface area contributed by atoms with Gasteiger partial charge in [0.1, 0.15) is 18.2 Å². The van der Waals surface area contributed by atoms with Gasteiger partial charge >= 0.3 is 0 Å². The summed E-state index contributed by atoms with van der Waals surface area (Å²) < 4.78 is 16.4. The van der Waals surface area contributed by atoms with Crippen LogP contribution in [0.4, 0.5) is 4.39 Å². The molecule has 3 heterocycles. The number of amides is 2. The Labute approximate surface area is 202 Å². The van der Waals surface area contributed by atoms with Crippen LogP contribution in [-0.2, 0) is 16.1 Å². The number of likely N-dealkylation sites (tertiary alicyclic amines) is 1. The number of hydrogen-bond donors (Lipinski definition) is 2. The highest BCUT2D eigenvalue weighted by Gasteiger charge is 2.49. The molecular weight excluding hydrogens is 455 g/mol. The second-order valence-electron chi connectivity index (χ2n) is 8.97. The molecule has 9 heteroatoms. The first-order chi connectivity index (χ1) is 16.3. The Morgan fingerprint density at radius 1 is 1.26 bits per heavy atom. The summed E-state index contributed by atoms with van der Waals surface area (Å²) in [5.41, 5.74) is 3.16. The molecule has 1 aromatic carbocycles. The number of thiophene rings is 1. The van der Waals surface area contributed by atoms with Crippen LogP contribution >= 0.6 is 11.3 Å². The maximum Gasteiger partial charge on any atom is 0.248 e. The number of nitrogens with zero attached hydrogens (tertiary/aromatic N) is 3. The molecule has 2 aromatic heterocycles. The van der Waals surface area contributed by atoms with Crippen molar-refractivity contribution in [3.05, 3.63) is 65.3 Å². The van der Waals surface area contributed by atoms with Crippen LogP contribution in [0.5, 0.6) is 0 Å². The number of aryl methyl sites for hydroxylation is 1. The summed E-state index contributed by atoms with van der Waals surface area (Å²) in [6.07, 6.45) is -0.0513. The second-order valence-corrected chi connectivity index (χ2v) is 9.89. The Morgan fingerprint density at radius 3 is 2.59 bits per heavy atom. The van der Waals surface area contributed by atoms with Crippen LogP contribution in [0.25, 0.3) is 10.4 Å².